The summed E-state index contributed by atoms with van der Waals surface area (Å²) in [6, 6.07) is 0. The predicted molar refractivity (Wildman–Crippen MR) is 43.4 cm³/mol. The molecule has 1 aliphatic rings. The molecule has 0 radical (unpaired) electrons. The van der Waals surface area contributed by atoms with E-state index in [9.17, 15) is 18.0 Å². The van der Waals surface area contributed by atoms with E-state index in [0.717, 1.165) is 0 Å². The molecule has 1 fully saturated rings. The SMILES string of the molecule is CC1C(C(=O)OCC(F)(F)F)C1(C)C. The van der Waals surface area contributed by atoms with Gasteiger partial charge in [-0.05, 0) is 11.3 Å². The quantitative estimate of drug-likeness (QED) is 0.654. The smallest absolute Gasteiger partial charge is 0.422 e. The molecular weight excluding hydrogens is 197 g/mol. The van der Waals surface area contributed by atoms with Crippen molar-refractivity contribution in [3.05, 3.63) is 0 Å². The van der Waals surface area contributed by atoms with Crippen LogP contribution < -0.4 is 0 Å². The maximum atomic E-state index is 11.7. The molecule has 0 aromatic rings. The third kappa shape index (κ3) is 2.19. The van der Waals surface area contributed by atoms with Crippen LogP contribution >= 0.6 is 0 Å². The minimum atomic E-state index is -4.43. The zero-order valence-corrected chi connectivity index (χ0v) is 8.31. The summed E-state index contributed by atoms with van der Waals surface area (Å²) in [4.78, 5) is 11.2. The largest absolute Gasteiger partial charge is 0.456 e. The van der Waals surface area contributed by atoms with E-state index in [2.05, 4.69) is 4.74 Å². The monoisotopic (exact) mass is 210 g/mol. The number of carbonyl (C=O) groups is 1. The second-order valence-corrected chi connectivity index (χ2v) is 4.31. The van der Waals surface area contributed by atoms with Crippen LogP contribution in [-0.4, -0.2) is 18.8 Å². The lowest BCUT2D eigenvalue weighted by atomic mass is 10.1. The van der Waals surface area contributed by atoms with Gasteiger partial charge in [0.2, 0.25) is 0 Å². The van der Waals surface area contributed by atoms with Crippen LogP contribution in [0.15, 0.2) is 0 Å². The maximum absolute atomic E-state index is 11.7. The first-order valence-corrected chi connectivity index (χ1v) is 4.39. The summed E-state index contributed by atoms with van der Waals surface area (Å²) in [5, 5.41) is 0. The Balaban J connectivity index is 2.39. The van der Waals surface area contributed by atoms with Crippen LogP contribution in [0.25, 0.3) is 0 Å². The number of rotatable bonds is 2. The lowest BCUT2D eigenvalue weighted by Gasteiger charge is -2.08. The molecule has 14 heavy (non-hydrogen) atoms. The zero-order chi connectivity index (χ0) is 11.1. The molecular formula is C9H13F3O2. The average molecular weight is 210 g/mol. The lowest BCUT2D eigenvalue weighted by molar-refractivity contribution is -0.187. The van der Waals surface area contributed by atoms with Gasteiger partial charge < -0.3 is 4.74 Å². The van der Waals surface area contributed by atoms with Crippen molar-refractivity contribution in [2.24, 2.45) is 17.3 Å². The van der Waals surface area contributed by atoms with Gasteiger partial charge in [0.1, 0.15) is 0 Å². The third-order valence-electron chi connectivity index (χ3n) is 3.00. The van der Waals surface area contributed by atoms with Gasteiger partial charge in [0, 0.05) is 0 Å². The predicted octanol–water partition coefficient (Wildman–Crippen LogP) is 2.38. The maximum Gasteiger partial charge on any atom is 0.422 e. The fourth-order valence-electron chi connectivity index (χ4n) is 1.64. The second-order valence-electron chi connectivity index (χ2n) is 4.31. The van der Waals surface area contributed by atoms with Crippen molar-refractivity contribution in [1.29, 1.82) is 0 Å². The first-order chi connectivity index (χ1) is 6.16. The summed E-state index contributed by atoms with van der Waals surface area (Å²) in [7, 11) is 0. The summed E-state index contributed by atoms with van der Waals surface area (Å²) >= 11 is 0. The summed E-state index contributed by atoms with van der Waals surface area (Å²) in [6.07, 6.45) is -4.43. The summed E-state index contributed by atoms with van der Waals surface area (Å²) in [5.74, 6) is -1.02. The Morgan fingerprint density at radius 1 is 1.43 bits per heavy atom. The fraction of sp³-hybridized carbons (Fsp3) is 0.889. The van der Waals surface area contributed by atoms with Gasteiger partial charge >= 0.3 is 12.1 Å². The molecule has 1 aliphatic carbocycles. The van der Waals surface area contributed by atoms with E-state index >= 15 is 0 Å². The van der Waals surface area contributed by atoms with Crippen molar-refractivity contribution in [3.63, 3.8) is 0 Å². The van der Waals surface area contributed by atoms with Crippen LogP contribution in [0.2, 0.25) is 0 Å². The zero-order valence-electron chi connectivity index (χ0n) is 8.31. The third-order valence-corrected chi connectivity index (χ3v) is 3.00. The highest BCUT2D eigenvalue weighted by Crippen LogP contribution is 2.58. The average Bonchev–Trinajstić information content (AvgIpc) is 2.46. The van der Waals surface area contributed by atoms with Crippen molar-refractivity contribution in [2.75, 3.05) is 6.61 Å². The highest BCUT2D eigenvalue weighted by molar-refractivity contribution is 5.77. The van der Waals surface area contributed by atoms with Crippen LogP contribution in [0.1, 0.15) is 20.8 Å². The van der Waals surface area contributed by atoms with E-state index in [-0.39, 0.29) is 17.3 Å². The first-order valence-electron chi connectivity index (χ1n) is 4.39. The van der Waals surface area contributed by atoms with Crippen molar-refractivity contribution >= 4 is 5.97 Å². The molecule has 2 atom stereocenters. The minimum absolute atomic E-state index is 0.100. The normalized spacial score (nSPS) is 29.9. The molecule has 0 aromatic heterocycles. The van der Waals surface area contributed by atoms with E-state index in [1.54, 1.807) is 0 Å². The molecule has 0 aromatic carbocycles. The summed E-state index contributed by atoms with van der Waals surface area (Å²) in [6.45, 7) is 4.04. The van der Waals surface area contributed by atoms with E-state index in [0.29, 0.717) is 0 Å². The Morgan fingerprint density at radius 3 is 2.14 bits per heavy atom. The molecule has 0 heterocycles. The van der Waals surface area contributed by atoms with Crippen molar-refractivity contribution in [2.45, 2.75) is 26.9 Å². The number of hydrogen-bond acceptors (Lipinski definition) is 2. The van der Waals surface area contributed by atoms with E-state index in [1.807, 2.05) is 20.8 Å². The van der Waals surface area contributed by atoms with E-state index in [1.165, 1.54) is 0 Å². The van der Waals surface area contributed by atoms with Gasteiger partial charge in [-0.15, -0.1) is 0 Å². The molecule has 82 valence electrons. The number of halogens is 3. The number of carbonyl (C=O) groups excluding carboxylic acids is 1. The van der Waals surface area contributed by atoms with Gasteiger partial charge in [0.05, 0.1) is 5.92 Å². The number of esters is 1. The highest BCUT2D eigenvalue weighted by Gasteiger charge is 2.60. The molecule has 2 nitrogen and oxygen atoms in total. The van der Waals surface area contributed by atoms with Crippen LogP contribution in [0.5, 0.6) is 0 Å². The molecule has 0 spiro atoms. The minimum Gasteiger partial charge on any atom is -0.456 e. The topological polar surface area (TPSA) is 26.3 Å². The van der Waals surface area contributed by atoms with Gasteiger partial charge in [0.15, 0.2) is 6.61 Å². The van der Waals surface area contributed by atoms with Crippen molar-refractivity contribution in [3.8, 4) is 0 Å². The van der Waals surface area contributed by atoms with Gasteiger partial charge in [-0.1, -0.05) is 20.8 Å². The molecule has 2 unspecified atom stereocenters. The second kappa shape index (κ2) is 3.14. The van der Waals surface area contributed by atoms with Gasteiger partial charge in [0.25, 0.3) is 0 Å². The van der Waals surface area contributed by atoms with Gasteiger partial charge in [-0.3, -0.25) is 4.79 Å². The molecule has 1 saturated carbocycles. The summed E-state index contributed by atoms with van der Waals surface area (Å²) < 4.78 is 39.3. The Labute approximate surface area is 80.4 Å². The van der Waals surface area contributed by atoms with Crippen LogP contribution in [0, 0.1) is 17.3 Å². The molecule has 1 rings (SSSR count). The van der Waals surface area contributed by atoms with Crippen LogP contribution in [-0.2, 0) is 9.53 Å². The lowest BCUT2D eigenvalue weighted by Crippen LogP contribution is -2.22. The van der Waals surface area contributed by atoms with Gasteiger partial charge in [-0.2, -0.15) is 13.2 Å². The molecule has 0 amide bonds. The number of alkyl halides is 3. The molecule has 5 heteroatoms. The Morgan fingerprint density at radius 2 is 1.86 bits per heavy atom. The Hall–Kier alpha value is -0.740. The molecule has 0 bridgehead atoms. The van der Waals surface area contributed by atoms with Gasteiger partial charge in [-0.25, -0.2) is 0 Å². The number of hydrogen-bond donors (Lipinski definition) is 0. The Kier molecular flexibility index (Phi) is 2.54. The van der Waals surface area contributed by atoms with Crippen LogP contribution in [0.3, 0.4) is 0 Å². The van der Waals surface area contributed by atoms with E-state index in [4.69, 9.17) is 0 Å². The standard InChI is InChI=1S/C9H13F3O2/c1-5-6(8(5,2)3)7(13)14-4-9(10,11)12/h5-6H,4H2,1-3H3. The van der Waals surface area contributed by atoms with E-state index < -0.39 is 18.8 Å². The number of ether oxygens (including phenoxy) is 1. The summed E-state index contributed by atoms with van der Waals surface area (Å²) in [5.41, 5.74) is -0.220. The first kappa shape index (κ1) is 11.3. The van der Waals surface area contributed by atoms with Crippen molar-refractivity contribution in [1.82, 2.24) is 0 Å². The molecule has 0 saturated heterocycles. The van der Waals surface area contributed by atoms with Crippen LogP contribution in [0.4, 0.5) is 13.2 Å². The highest BCUT2D eigenvalue weighted by atomic mass is 19.4. The Bertz CT molecular complexity index is 245. The molecule has 0 aliphatic heterocycles. The van der Waals surface area contributed by atoms with Crippen molar-refractivity contribution < 1.29 is 22.7 Å². The molecule has 0 N–H and O–H groups in total. The fourth-order valence-corrected chi connectivity index (χ4v) is 1.64.